The van der Waals surface area contributed by atoms with E-state index in [1.165, 1.54) is 29.5 Å². The molecule has 0 N–H and O–H groups in total. The number of piperazine rings is 1. The molecule has 0 bridgehead atoms. The van der Waals surface area contributed by atoms with Gasteiger partial charge in [-0.2, -0.15) is 5.26 Å². The average molecular weight is 425 g/mol. The lowest BCUT2D eigenvalue weighted by molar-refractivity contribution is -0.131. The largest absolute Gasteiger partial charge is 0.366 e. The fraction of sp³-hybridized carbons (Fsp3) is 0.370. The number of hydrogen-bond donors (Lipinski definition) is 0. The van der Waals surface area contributed by atoms with Crippen LogP contribution in [-0.2, 0) is 4.79 Å². The second-order valence-electron chi connectivity index (χ2n) is 8.84. The van der Waals surface area contributed by atoms with Crippen molar-refractivity contribution in [3.63, 3.8) is 0 Å². The summed E-state index contributed by atoms with van der Waals surface area (Å²) >= 11 is 0. The van der Waals surface area contributed by atoms with Crippen molar-refractivity contribution in [2.24, 2.45) is 0 Å². The van der Waals surface area contributed by atoms with E-state index >= 15 is 0 Å². The van der Waals surface area contributed by atoms with Gasteiger partial charge in [0, 0.05) is 43.5 Å². The average Bonchev–Trinajstić information content (AvgIpc) is 3.68. The Morgan fingerprint density at radius 2 is 1.84 bits per heavy atom. The smallest absolute Gasteiger partial charge is 0.222 e. The van der Waals surface area contributed by atoms with Gasteiger partial charge in [0.25, 0.3) is 0 Å². The number of nitrogens with zero attached hydrogens (tertiary/aromatic N) is 4. The van der Waals surface area contributed by atoms with Crippen LogP contribution in [0, 0.1) is 11.3 Å². The molecule has 3 aromatic rings. The van der Waals surface area contributed by atoms with Crippen LogP contribution in [-0.4, -0.2) is 42.0 Å². The minimum absolute atomic E-state index is 0.276. The summed E-state index contributed by atoms with van der Waals surface area (Å²) in [6.45, 7) is 5.34. The first-order chi connectivity index (χ1) is 15.7. The van der Waals surface area contributed by atoms with Crippen LogP contribution in [0.2, 0.25) is 0 Å². The van der Waals surface area contributed by atoms with E-state index in [-0.39, 0.29) is 5.91 Å². The molecule has 0 atom stereocenters. The topological polar surface area (TPSA) is 60.2 Å². The molecule has 32 heavy (non-hydrogen) atoms. The van der Waals surface area contributed by atoms with Crippen LogP contribution < -0.4 is 4.90 Å². The van der Waals surface area contributed by atoms with Crippen molar-refractivity contribution in [2.45, 2.75) is 38.5 Å². The van der Waals surface area contributed by atoms with E-state index in [9.17, 15) is 4.79 Å². The van der Waals surface area contributed by atoms with Gasteiger partial charge in [-0.1, -0.05) is 37.3 Å². The Balaban J connectivity index is 1.50. The van der Waals surface area contributed by atoms with Gasteiger partial charge in [-0.25, -0.2) is 0 Å². The van der Waals surface area contributed by atoms with E-state index < -0.39 is 0 Å². The Bertz CT molecular complexity index is 1180. The summed E-state index contributed by atoms with van der Waals surface area (Å²) < 4.78 is 0. The van der Waals surface area contributed by atoms with E-state index in [2.05, 4.69) is 36.1 Å². The number of benzene rings is 2. The maximum Gasteiger partial charge on any atom is 0.222 e. The molecule has 0 spiro atoms. The SMILES string of the molecule is CCCC(=O)N1CCN(c2cnc3c(-c4ccc(C#N)cc4)cccc3c2C2CC2)CC1. The van der Waals surface area contributed by atoms with Crippen molar-refractivity contribution >= 4 is 22.5 Å². The van der Waals surface area contributed by atoms with E-state index in [4.69, 9.17) is 10.2 Å². The molecule has 1 saturated heterocycles. The number of carbonyl (C=O) groups excluding carboxylic acids is 1. The minimum Gasteiger partial charge on any atom is -0.366 e. The first-order valence-corrected chi connectivity index (χ1v) is 11.6. The zero-order valence-corrected chi connectivity index (χ0v) is 18.6. The monoisotopic (exact) mass is 424 g/mol. The Labute approximate surface area is 189 Å². The van der Waals surface area contributed by atoms with Gasteiger partial charge >= 0.3 is 0 Å². The minimum atomic E-state index is 0.276. The molecule has 1 aromatic heterocycles. The Kier molecular flexibility index (Phi) is 5.53. The summed E-state index contributed by atoms with van der Waals surface area (Å²) in [5.41, 5.74) is 6.53. The van der Waals surface area contributed by atoms with Crippen LogP contribution in [0.15, 0.2) is 48.7 Å². The Morgan fingerprint density at radius 1 is 1.09 bits per heavy atom. The van der Waals surface area contributed by atoms with E-state index in [1.807, 2.05) is 35.4 Å². The number of nitriles is 1. The zero-order chi connectivity index (χ0) is 22.1. The van der Waals surface area contributed by atoms with E-state index in [0.29, 0.717) is 17.9 Å². The molecule has 162 valence electrons. The number of anilines is 1. The van der Waals surface area contributed by atoms with E-state index in [0.717, 1.165) is 49.2 Å². The summed E-state index contributed by atoms with van der Waals surface area (Å²) in [6, 6.07) is 16.4. The first-order valence-electron chi connectivity index (χ1n) is 11.6. The molecule has 0 unspecified atom stereocenters. The first kappa shape index (κ1) is 20.5. The van der Waals surface area contributed by atoms with E-state index in [1.54, 1.807) is 0 Å². The maximum atomic E-state index is 12.3. The zero-order valence-electron chi connectivity index (χ0n) is 18.6. The summed E-state index contributed by atoms with van der Waals surface area (Å²) in [6.07, 6.45) is 6.04. The second-order valence-corrected chi connectivity index (χ2v) is 8.84. The lowest BCUT2D eigenvalue weighted by atomic mass is 9.96. The van der Waals surface area contributed by atoms with Gasteiger partial charge in [-0.15, -0.1) is 0 Å². The highest BCUT2D eigenvalue weighted by Gasteiger charge is 2.32. The summed E-state index contributed by atoms with van der Waals surface area (Å²) in [5, 5.41) is 10.3. The molecule has 2 heterocycles. The number of para-hydroxylation sites is 1. The molecule has 1 aliphatic heterocycles. The highest BCUT2D eigenvalue weighted by atomic mass is 16.2. The molecule has 2 aliphatic rings. The predicted molar refractivity (Wildman–Crippen MR) is 128 cm³/mol. The third kappa shape index (κ3) is 3.82. The molecule has 2 fully saturated rings. The number of pyridine rings is 1. The lowest BCUT2D eigenvalue weighted by Crippen LogP contribution is -2.49. The standard InChI is InChI=1S/C27H28N4O/c1-2-4-25(32)31-15-13-30(14-16-31)24-18-29-27-22(20-9-7-19(17-28)8-10-20)5-3-6-23(27)26(24)21-11-12-21/h3,5-10,18,21H,2,4,11-16H2,1H3. The maximum absolute atomic E-state index is 12.3. The normalized spacial score (nSPS) is 16.2. The van der Waals surface area contributed by atoms with Gasteiger partial charge in [-0.05, 0) is 48.4 Å². The molecular weight excluding hydrogens is 396 g/mol. The quantitative estimate of drug-likeness (QED) is 0.572. The van der Waals surface area contributed by atoms with Crippen LogP contribution >= 0.6 is 0 Å². The van der Waals surface area contributed by atoms with Gasteiger partial charge in [0.15, 0.2) is 0 Å². The Morgan fingerprint density at radius 3 is 2.50 bits per heavy atom. The van der Waals surface area contributed by atoms with Gasteiger partial charge in [-0.3, -0.25) is 9.78 Å². The molecule has 5 rings (SSSR count). The highest BCUT2D eigenvalue weighted by molar-refractivity contribution is 5.98. The van der Waals surface area contributed by atoms with Crippen LogP contribution in [0.4, 0.5) is 5.69 Å². The molecule has 1 amide bonds. The van der Waals surface area contributed by atoms with Crippen LogP contribution in [0.1, 0.15) is 49.7 Å². The van der Waals surface area contributed by atoms with Crippen molar-refractivity contribution in [3.8, 4) is 17.2 Å². The molecule has 2 aromatic carbocycles. The number of rotatable bonds is 5. The fourth-order valence-electron chi connectivity index (χ4n) is 4.81. The van der Waals surface area contributed by atoms with Crippen molar-refractivity contribution < 1.29 is 4.79 Å². The number of aromatic nitrogens is 1. The van der Waals surface area contributed by atoms with Crippen LogP contribution in [0.3, 0.4) is 0 Å². The third-order valence-corrected chi connectivity index (χ3v) is 6.67. The van der Waals surface area contributed by atoms with Gasteiger partial charge in [0.05, 0.1) is 29.0 Å². The van der Waals surface area contributed by atoms with Crippen LogP contribution in [0.5, 0.6) is 0 Å². The molecular formula is C27H28N4O. The molecule has 1 aliphatic carbocycles. The number of carbonyl (C=O) groups is 1. The Hall–Kier alpha value is -3.39. The summed E-state index contributed by atoms with van der Waals surface area (Å²) in [5.74, 6) is 0.865. The van der Waals surface area contributed by atoms with Crippen molar-refractivity contribution in [2.75, 3.05) is 31.1 Å². The van der Waals surface area contributed by atoms with Gasteiger partial charge in [0.2, 0.25) is 5.91 Å². The van der Waals surface area contributed by atoms with Crippen molar-refractivity contribution in [3.05, 3.63) is 59.8 Å². The number of fused-ring (bicyclic) bond motifs is 1. The van der Waals surface area contributed by atoms with Crippen molar-refractivity contribution in [1.29, 1.82) is 5.26 Å². The van der Waals surface area contributed by atoms with Gasteiger partial charge < -0.3 is 9.80 Å². The second kappa shape index (κ2) is 8.63. The number of amides is 1. The third-order valence-electron chi connectivity index (χ3n) is 6.67. The number of hydrogen-bond acceptors (Lipinski definition) is 4. The van der Waals surface area contributed by atoms with Gasteiger partial charge in [0.1, 0.15) is 0 Å². The lowest BCUT2D eigenvalue weighted by Gasteiger charge is -2.37. The van der Waals surface area contributed by atoms with Crippen molar-refractivity contribution in [1.82, 2.24) is 9.88 Å². The highest BCUT2D eigenvalue weighted by Crippen LogP contribution is 2.48. The fourth-order valence-corrected chi connectivity index (χ4v) is 4.81. The van der Waals surface area contributed by atoms with Crippen LogP contribution in [0.25, 0.3) is 22.0 Å². The summed E-state index contributed by atoms with van der Waals surface area (Å²) in [4.78, 5) is 21.7. The predicted octanol–water partition coefficient (Wildman–Crippen LogP) is 5.10. The molecule has 5 nitrogen and oxygen atoms in total. The molecule has 5 heteroatoms. The molecule has 0 radical (unpaired) electrons. The molecule has 1 saturated carbocycles. The summed E-state index contributed by atoms with van der Waals surface area (Å²) in [7, 11) is 0.